The van der Waals surface area contributed by atoms with Crippen molar-refractivity contribution in [1.29, 1.82) is 0 Å². The first kappa shape index (κ1) is 15.4. The second kappa shape index (κ2) is 6.52. The monoisotopic (exact) mass is 266 g/mol. The number of aryl methyl sites for hydroxylation is 1. The second-order valence-corrected chi connectivity index (χ2v) is 4.90. The van der Waals surface area contributed by atoms with Crippen LogP contribution in [0.25, 0.3) is 0 Å². The van der Waals surface area contributed by atoms with Crippen LogP contribution in [-0.4, -0.2) is 33.3 Å². The molecule has 1 aromatic heterocycles. The van der Waals surface area contributed by atoms with Gasteiger partial charge in [-0.2, -0.15) is 0 Å². The van der Waals surface area contributed by atoms with Crippen molar-refractivity contribution in [3.63, 3.8) is 0 Å². The molecule has 0 spiro atoms. The summed E-state index contributed by atoms with van der Waals surface area (Å²) in [5.41, 5.74) is 0.686. The first-order chi connectivity index (χ1) is 8.94. The van der Waals surface area contributed by atoms with Crippen molar-refractivity contribution in [2.45, 2.75) is 45.6 Å². The van der Waals surface area contributed by atoms with Crippen molar-refractivity contribution >= 4 is 11.8 Å². The van der Waals surface area contributed by atoms with Crippen LogP contribution in [0.1, 0.15) is 49.7 Å². The van der Waals surface area contributed by atoms with Crippen LogP contribution in [0.2, 0.25) is 0 Å². The smallest absolute Gasteiger partial charge is 0.335 e. The number of anilines is 1. The summed E-state index contributed by atoms with van der Waals surface area (Å²) in [7, 11) is 0. The van der Waals surface area contributed by atoms with Crippen molar-refractivity contribution in [2.24, 2.45) is 0 Å². The molecule has 1 rings (SSSR count). The molecule has 0 amide bonds. The van der Waals surface area contributed by atoms with Gasteiger partial charge in [-0.05, 0) is 38.3 Å². The Labute approximate surface area is 113 Å². The van der Waals surface area contributed by atoms with Gasteiger partial charge in [-0.3, -0.25) is 0 Å². The normalized spacial score (nSPS) is 13.9. The van der Waals surface area contributed by atoms with Crippen LogP contribution in [0.5, 0.6) is 0 Å². The lowest BCUT2D eigenvalue weighted by atomic mass is 9.95. The molecule has 1 unspecified atom stereocenters. The number of aromatic nitrogens is 1. The highest BCUT2D eigenvalue weighted by Crippen LogP contribution is 2.22. The van der Waals surface area contributed by atoms with Crippen LogP contribution in [0.4, 0.5) is 5.82 Å². The molecule has 5 heteroatoms. The molecule has 1 aromatic rings. The summed E-state index contributed by atoms with van der Waals surface area (Å²) in [5, 5.41) is 21.4. The van der Waals surface area contributed by atoms with E-state index < -0.39 is 5.97 Å². The van der Waals surface area contributed by atoms with E-state index in [1.807, 2.05) is 20.8 Å². The average molecular weight is 266 g/mol. The summed E-state index contributed by atoms with van der Waals surface area (Å²) in [6.45, 7) is 6.02. The Kier molecular flexibility index (Phi) is 5.30. The van der Waals surface area contributed by atoms with Crippen molar-refractivity contribution in [1.82, 2.24) is 4.98 Å². The highest BCUT2D eigenvalue weighted by atomic mass is 16.4. The minimum Gasteiger partial charge on any atom is -0.478 e. The summed E-state index contributed by atoms with van der Waals surface area (Å²) in [5.74, 6) is -0.407. The lowest BCUT2D eigenvalue weighted by Crippen LogP contribution is -2.35. The van der Waals surface area contributed by atoms with Crippen molar-refractivity contribution < 1.29 is 15.0 Å². The fourth-order valence-electron chi connectivity index (χ4n) is 1.84. The summed E-state index contributed by atoms with van der Waals surface area (Å²) in [6.07, 6.45) is 2.08. The molecule has 1 heterocycles. The van der Waals surface area contributed by atoms with E-state index >= 15 is 0 Å². The topological polar surface area (TPSA) is 82.5 Å². The molecular formula is C14H22N2O3. The number of rotatable bonds is 7. The Morgan fingerprint density at radius 2 is 2.11 bits per heavy atom. The molecule has 0 saturated carbocycles. The van der Waals surface area contributed by atoms with Crippen LogP contribution in [0, 0.1) is 0 Å². The Bertz CT molecular complexity index is 448. The van der Waals surface area contributed by atoms with E-state index in [9.17, 15) is 4.79 Å². The molecule has 0 aliphatic heterocycles. The maximum Gasteiger partial charge on any atom is 0.335 e. The van der Waals surface area contributed by atoms with Gasteiger partial charge >= 0.3 is 5.97 Å². The number of aliphatic hydroxyl groups is 1. The van der Waals surface area contributed by atoms with Gasteiger partial charge in [0, 0.05) is 17.8 Å². The molecule has 0 bridgehead atoms. The Hall–Kier alpha value is -1.62. The summed E-state index contributed by atoms with van der Waals surface area (Å²) < 4.78 is 0. The maximum absolute atomic E-state index is 11.1. The Morgan fingerprint density at radius 1 is 1.42 bits per heavy atom. The number of hydrogen-bond donors (Lipinski definition) is 3. The van der Waals surface area contributed by atoms with Crippen molar-refractivity contribution in [3.8, 4) is 0 Å². The van der Waals surface area contributed by atoms with Gasteiger partial charge in [0.2, 0.25) is 0 Å². The number of carbonyl (C=O) groups is 1. The van der Waals surface area contributed by atoms with Gasteiger partial charge in [-0.25, -0.2) is 9.78 Å². The van der Waals surface area contributed by atoms with Crippen molar-refractivity contribution in [3.05, 3.63) is 23.4 Å². The van der Waals surface area contributed by atoms with Gasteiger partial charge in [0.15, 0.2) is 0 Å². The van der Waals surface area contributed by atoms with E-state index in [1.54, 1.807) is 6.07 Å². The number of nitrogens with one attached hydrogen (secondary N) is 1. The van der Waals surface area contributed by atoms with Crippen LogP contribution in [0.3, 0.4) is 0 Å². The number of pyridine rings is 1. The number of hydrogen-bond acceptors (Lipinski definition) is 4. The maximum atomic E-state index is 11.1. The van der Waals surface area contributed by atoms with Gasteiger partial charge in [-0.1, -0.05) is 13.8 Å². The fourth-order valence-corrected chi connectivity index (χ4v) is 1.84. The molecule has 0 radical (unpaired) electrons. The molecule has 3 N–H and O–H groups in total. The number of aliphatic hydroxyl groups excluding tert-OH is 1. The van der Waals surface area contributed by atoms with E-state index in [2.05, 4.69) is 10.3 Å². The molecule has 5 nitrogen and oxygen atoms in total. The summed E-state index contributed by atoms with van der Waals surface area (Å²) in [4.78, 5) is 15.5. The third-order valence-electron chi connectivity index (χ3n) is 3.36. The molecule has 19 heavy (non-hydrogen) atoms. The molecule has 0 fully saturated rings. The van der Waals surface area contributed by atoms with Crippen LogP contribution >= 0.6 is 0 Å². The van der Waals surface area contributed by atoms with E-state index in [0.717, 1.165) is 12.1 Å². The zero-order valence-corrected chi connectivity index (χ0v) is 11.7. The lowest BCUT2D eigenvalue weighted by molar-refractivity contribution is 0.0696. The molecule has 0 aliphatic carbocycles. The number of aromatic carboxylic acids is 1. The zero-order valence-electron chi connectivity index (χ0n) is 11.7. The third kappa shape index (κ3) is 4.21. The molecule has 0 aromatic carbocycles. The number of nitrogens with zero attached hydrogens (tertiary/aromatic N) is 1. The molecule has 106 valence electrons. The number of carboxylic acids is 1. The van der Waals surface area contributed by atoms with Gasteiger partial charge in [-0.15, -0.1) is 0 Å². The average Bonchev–Trinajstić information content (AvgIpc) is 2.38. The van der Waals surface area contributed by atoms with Crippen LogP contribution in [0.15, 0.2) is 12.1 Å². The molecular weight excluding hydrogens is 244 g/mol. The highest BCUT2D eigenvalue weighted by molar-refractivity contribution is 5.88. The first-order valence-electron chi connectivity index (χ1n) is 6.57. The lowest BCUT2D eigenvalue weighted by Gasteiger charge is -2.30. The standard InChI is InChI=1S/C14H22N2O3/c1-4-11-8-10(13(18)19)9-12(15-11)16-14(3,5-2)6-7-17/h8-9,17H,4-7H2,1-3H3,(H,15,16)(H,18,19). The van der Waals surface area contributed by atoms with Crippen LogP contribution in [-0.2, 0) is 6.42 Å². The van der Waals surface area contributed by atoms with Gasteiger partial charge in [0.25, 0.3) is 0 Å². The molecule has 1 atom stereocenters. The van der Waals surface area contributed by atoms with E-state index in [1.165, 1.54) is 6.07 Å². The van der Waals surface area contributed by atoms with Gasteiger partial charge in [0.05, 0.1) is 5.56 Å². The predicted octanol–water partition coefficient (Wildman–Crippen LogP) is 2.31. The second-order valence-electron chi connectivity index (χ2n) is 4.90. The Morgan fingerprint density at radius 3 is 2.58 bits per heavy atom. The van der Waals surface area contributed by atoms with E-state index in [0.29, 0.717) is 18.7 Å². The fraction of sp³-hybridized carbons (Fsp3) is 0.571. The van der Waals surface area contributed by atoms with Crippen LogP contribution < -0.4 is 5.32 Å². The first-order valence-corrected chi connectivity index (χ1v) is 6.57. The number of carboxylic acid groups (broad SMARTS) is 1. The molecule has 0 aliphatic rings. The largest absolute Gasteiger partial charge is 0.478 e. The SMILES string of the molecule is CCc1cc(C(=O)O)cc(NC(C)(CC)CCO)n1. The van der Waals surface area contributed by atoms with E-state index in [4.69, 9.17) is 10.2 Å². The molecule has 0 saturated heterocycles. The van der Waals surface area contributed by atoms with Crippen molar-refractivity contribution in [2.75, 3.05) is 11.9 Å². The predicted molar refractivity (Wildman–Crippen MR) is 74.6 cm³/mol. The minimum absolute atomic E-state index is 0.0800. The highest BCUT2D eigenvalue weighted by Gasteiger charge is 2.22. The Balaban J connectivity index is 3.05. The van der Waals surface area contributed by atoms with E-state index in [-0.39, 0.29) is 17.7 Å². The zero-order chi connectivity index (χ0) is 14.5. The summed E-state index contributed by atoms with van der Waals surface area (Å²) in [6, 6.07) is 3.12. The minimum atomic E-state index is -0.958. The summed E-state index contributed by atoms with van der Waals surface area (Å²) >= 11 is 0. The van der Waals surface area contributed by atoms with Gasteiger partial charge < -0.3 is 15.5 Å². The van der Waals surface area contributed by atoms with Gasteiger partial charge in [0.1, 0.15) is 5.82 Å². The quantitative estimate of drug-likeness (QED) is 0.705. The third-order valence-corrected chi connectivity index (χ3v) is 3.36.